The molecule has 2 N–H and O–H groups in total. The Kier molecular flexibility index (Phi) is 7.60. The normalized spacial score (nSPS) is 24.6. The minimum Gasteiger partial charge on any atom is -0.444 e. The number of benzene rings is 1. The summed E-state index contributed by atoms with van der Waals surface area (Å²) < 4.78 is 5.51. The van der Waals surface area contributed by atoms with E-state index in [1.807, 2.05) is 45.0 Å². The van der Waals surface area contributed by atoms with E-state index >= 15 is 0 Å². The Morgan fingerprint density at radius 1 is 1.22 bits per heavy atom. The Labute approximate surface area is 196 Å². The molecule has 1 heterocycles. The fourth-order valence-electron chi connectivity index (χ4n) is 4.64. The molecule has 1 aliphatic heterocycles. The first-order valence-electron chi connectivity index (χ1n) is 11.4. The number of carbonyl (C=O) groups is 1. The molecule has 7 heteroatoms. The van der Waals surface area contributed by atoms with Crippen molar-refractivity contribution in [2.45, 2.75) is 65.2 Å². The Bertz CT molecular complexity index is 844. The van der Waals surface area contributed by atoms with Gasteiger partial charge in [-0.05, 0) is 67.9 Å². The molecule has 0 saturated carbocycles. The molecule has 3 rings (SSSR count). The van der Waals surface area contributed by atoms with Crippen LogP contribution in [0.25, 0.3) is 5.57 Å². The van der Waals surface area contributed by atoms with Gasteiger partial charge in [-0.25, -0.2) is 4.79 Å². The molecule has 1 unspecified atom stereocenters. The van der Waals surface area contributed by atoms with E-state index in [0.717, 1.165) is 23.1 Å². The molecule has 178 valence electrons. The summed E-state index contributed by atoms with van der Waals surface area (Å²) in [6.45, 7) is 11.9. The van der Waals surface area contributed by atoms with Gasteiger partial charge in [-0.1, -0.05) is 37.6 Å². The van der Waals surface area contributed by atoms with Crippen molar-refractivity contribution in [3.05, 3.63) is 40.4 Å². The summed E-state index contributed by atoms with van der Waals surface area (Å²) >= 11 is 6.10. The molecule has 0 bridgehead atoms. The molecule has 1 fully saturated rings. The lowest BCUT2D eigenvalue weighted by atomic mass is 9.71. The highest BCUT2D eigenvalue weighted by Crippen LogP contribution is 2.43. The standard InChI is InChI=1S/C25H37ClN2O4/c1-24(2,3)32-23(31)28-11-10-27(19(14-28)16-29)15-21-20(12-25(4,5)13-22(21)30)17-6-8-18(26)9-7-17/h6-9,19,22,29-30H,10-16H2,1-5H3/t19?,22-/m1/s1. The van der Waals surface area contributed by atoms with Crippen molar-refractivity contribution < 1.29 is 19.7 Å². The fourth-order valence-corrected chi connectivity index (χ4v) is 4.76. The van der Waals surface area contributed by atoms with E-state index in [4.69, 9.17) is 16.3 Å². The first kappa shape index (κ1) is 25.0. The maximum atomic E-state index is 12.5. The molecular formula is C25H37ClN2O4. The Morgan fingerprint density at radius 2 is 1.88 bits per heavy atom. The third kappa shape index (κ3) is 6.25. The Balaban J connectivity index is 1.82. The van der Waals surface area contributed by atoms with Gasteiger partial charge < -0.3 is 19.8 Å². The highest BCUT2D eigenvalue weighted by atomic mass is 35.5. The molecule has 1 aromatic carbocycles. The summed E-state index contributed by atoms with van der Waals surface area (Å²) in [5.41, 5.74) is 2.65. The van der Waals surface area contributed by atoms with Gasteiger partial charge in [-0.2, -0.15) is 0 Å². The van der Waals surface area contributed by atoms with Gasteiger partial charge in [0.25, 0.3) is 0 Å². The lowest BCUT2D eigenvalue weighted by Gasteiger charge is -2.43. The molecule has 2 atom stereocenters. The van der Waals surface area contributed by atoms with Crippen LogP contribution >= 0.6 is 11.6 Å². The molecule has 6 nitrogen and oxygen atoms in total. The molecule has 1 aromatic rings. The lowest BCUT2D eigenvalue weighted by Crippen LogP contribution is -2.57. The van der Waals surface area contributed by atoms with Crippen LogP contribution < -0.4 is 0 Å². The number of piperazine rings is 1. The summed E-state index contributed by atoms with van der Waals surface area (Å²) in [4.78, 5) is 16.3. The molecule has 1 aliphatic carbocycles. The predicted molar refractivity (Wildman–Crippen MR) is 128 cm³/mol. The minimum absolute atomic E-state index is 0.0102. The van der Waals surface area contributed by atoms with E-state index in [1.165, 1.54) is 0 Å². The fraction of sp³-hybridized carbons (Fsp3) is 0.640. The van der Waals surface area contributed by atoms with Gasteiger partial charge >= 0.3 is 6.09 Å². The predicted octanol–water partition coefficient (Wildman–Crippen LogP) is 4.19. The van der Waals surface area contributed by atoms with E-state index in [-0.39, 0.29) is 24.2 Å². The number of nitrogens with zero attached hydrogens (tertiary/aromatic N) is 2. The summed E-state index contributed by atoms with van der Waals surface area (Å²) in [5, 5.41) is 21.8. The van der Waals surface area contributed by atoms with Crippen molar-refractivity contribution in [2.75, 3.05) is 32.8 Å². The molecular weight excluding hydrogens is 428 g/mol. The maximum absolute atomic E-state index is 12.5. The van der Waals surface area contributed by atoms with Gasteiger partial charge in [0, 0.05) is 31.2 Å². The third-order valence-corrected chi connectivity index (χ3v) is 6.48. The van der Waals surface area contributed by atoms with Crippen molar-refractivity contribution in [3.63, 3.8) is 0 Å². The van der Waals surface area contributed by atoms with E-state index in [0.29, 0.717) is 37.6 Å². The quantitative estimate of drug-likeness (QED) is 0.699. The number of allylic oxidation sites excluding steroid dienone is 1. The number of aliphatic hydroxyl groups excluding tert-OH is 2. The number of hydrogen-bond donors (Lipinski definition) is 2. The molecule has 0 aromatic heterocycles. The average molecular weight is 465 g/mol. The van der Waals surface area contributed by atoms with Crippen molar-refractivity contribution in [1.29, 1.82) is 0 Å². The number of amides is 1. The van der Waals surface area contributed by atoms with Crippen molar-refractivity contribution in [1.82, 2.24) is 9.80 Å². The van der Waals surface area contributed by atoms with Crippen LogP contribution in [0.3, 0.4) is 0 Å². The molecule has 0 radical (unpaired) electrons. The summed E-state index contributed by atoms with van der Waals surface area (Å²) in [5.74, 6) is 0. The monoisotopic (exact) mass is 464 g/mol. The van der Waals surface area contributed by atoms with Crippen LogP contribution in [0.15, 0.2) is 29.8 Å². The van der Waals surface area contributed by atoms with Gasteiger partial charge in [0.05, 0.1) is 18.8 Å². The molecule has 1 amide bonds. The first-order chi connectivity index (χ1) is 14.9. The van der Waals surface area contributed by atoms with E-state index in [9.17, 15) is 15.0 Å². The van der Waals surface area contributed by atoms with Crippen molar-refractivity contribution in [2.24, 2.45) is 5.41 Å². The van der Waals surface area contributed by atoms with Crippen molar-refractivity contribution in [3.8, 4) is 0 Å². The number of halogens is 1. The number of carbonyl (C=O) groups excluding carboxylic acids is 1. The Morgan fingerprint density at radius 3 is 2.47 bits per heavy atom. The maximum Gasteiger partial charge on any atom is 0.410 e. The highest BCUT2D eigenvalue weighted by Gasteiger charge is 2.37. The van der Waals surface area contributed by atoms with Crippen LogP contribution in [0.4, 0.5) is 4.79 Å². The number of aliphatic hydroxyl groups is 2. The SMILES string of the molecule is CC1(C)CC(c2ccc(Cl)cc2)=C(CN2CCN(C(=O)OC(C)(C)C)CC2CO)[C@H](O)C1. The zero-order valence-corrected chi connectivity index (χ0v) is 20.7. The first-order valence-corrected chi connectivity index (χ1v) is 11.7. The van der Waals surface area contributed by atoms with E-state index in [2.05, 4.69) is 18.7 Å². The van der Waals surface area contributed by atoms with Crippen LogP contribution in [-0.4, -0.2) is 76.6 Å². The van der Waals surface area contributed by atoms with E-state index in [1.54, 1.807) is 4.90 Å². The zero-order valence-electron chi connectivity index (χ0n) is 19.9. The van der Waals surface area contributed by atoms with Gasteiger partial charge in [-0.15, -0.1) is 0 Å². The van der Waals surface area contributed by atoms with Gasteiger partial charge in [0.2, 0.25) is 0 Å². The number of hydrogen-bond acceptors (Lipinski definition) is 5. The smallest absolute Gasteiger partial charge is 0.410 e. The number of ether oxygens (including phenoxy) is 1. The van der Waals surface area contributed by atoms with Crippen LogP contribution in [0.1, 0.15) is 53.0 Å². The largest absolute Gasteiger partial charge is 0.444 e. The second-order valence-corrected chi connectivity index (χ2v) is 11.2. The Hall–Kier alpha value is -1.60. The minimum atomic E-state index is -0.555. The topological polar surface area (TPSA) is 73.2 Å². The average Bonchev–Trinajstić information content (AvgIpc) is 2.68. The molecule has 2 aliphatic rings. The second-order valence-electron chi connectivity index (χ2n) is 10.8. The van der Waals surface area contributed by atoms with Crippen LogP contribution in [0, 0.1) is 5.41 Å². The third-order valence-electron chi connectivity index (χ3n) is 6.22. The molecule has 32 heavy (non-hydrogen) atoms. The molecule has 0 spiro atoms. The van der Waals surface area contributed by atoms with Crippen LogP contribution in [0.2, 0.25) is 5.02 Å². The summed E-state index contributed by atoms with van der Waals surface area (Å²) in [6, 6.07) is 7.57. The zero-order chi connectivity index (χ0) is 23.7. The highest BCUT2D eigenvalue weighted by molar-refractivity contribution is 6.30. The summed E-state index contributed by atoms with van der Waals surface area (Å²) in [6.07, 6.45) is 0.660. The second kappa shape index (κ2) is 9.72. The van der Waals surface area contributed by atoms with Crippen molar-refractivity contribution >= 4 is 23.3 Å². The summed E-state index contributed by atoms with van der Waals surface area (Å²) in [7, 11) is 0. The van der Waals surface area contributed by atoms with Gasteiger partial charge in [-0.3, -0.25) is 4.90 Å². The van der Waals surface area contributed by atoms with Crippen LogP contribution in [0.5, 0.6) is 0 Å². The lowest BCUT2D eigenvalue weighted by molar-refractivity contribution is -0.00397. The van der Waals surface area contributed by atoms with Gasteiger partial charge in [0.15, 0.2) is 0 Å². The molecule has 1 saturated heterocycles. The number of rotatable bonds is 4. The van der Waals surface area contributed by atoms with Crippen LogP contribution in [-0.2, 0) is 4.74 Å². The van der Waals surface area contributed by atoms with Gasteiger partial charge in [0.1, 0.15) is 5.60 Å². The van der Waals surface area contributed by atoms with E-state index < -0.39 is 11.7 Å².